The van der Waals surface area contributed by atoms with Gasteiger partial charge in [-0.1, -0.05) is 19.3 Å². The number of aromatic nitrogens is 4. The minimum atomic E-state index is -0.105. The fraction of sp³-hybridized carbons (Fsp3) is 0.500. The third-order valence-corrected chi connectivity index (χ3v) is 6.92. The number of nitrogens with zero attached hydrogens (tertiary/aromatic N) is 5. The zero-order valence-electron chi connectivity index (χ0n) is 20.8. The highest BCUT2D eigenvalue weighted by Crippen LogP contribution is 2.32. The van der Waals surface area contributed by atoms with Gasteiger partial charge in [-0.05, 0) is 49.9 Å². The molecule has 1 saturated carbocycles. The van der Waals surface area contributed by atoms with E-state index in [1.54, 1.807) is 0 Å². The largest absolute Gasteiger partial charge is 0.354 e. The van der Waals surface area contributed by atoms with Crippen LogP contribution < -0.4 is 16.0 Å². The third kappa shape index (κ3) is 5.58. The highest BCUT2D eigenvalue weighted by molar-refractivity contribution is 5.89. The fourth-order valence-electron chi connectivity index (χ4n) is 5.10. The number of nitrogens with one attached hydrogen (secondary N) is 3. The van der Waals surface area contributed by atoms with Crippen molar-refractivity contribution in [1.29, 1.82) is 0 Å². The summed E-state index contributed by atoms with van der Waals surface area (Å²) in [6, 6.07) is 7.90. The SMILES string of the molecule is CC(=O)Nc1ccc(Nc2nc(NCCCN3CCCC3=O)nc3c2ncn3C2CCCCC2)cc1. The van der Waals surface area contributed by atoms with E-state index in [0.717, 1.165) is 61.3 Å². The molecular formula is C26H34N8O2. The van der Waals surface area contributed by atoms with Crippen LogP contribution in [0.4, 0.5) is 23.1 Å². The van der Waals surface area contributed by atoms with Crippen molar-refractivity contribution in [2.24, 2.45) is 0 Å². The molecule has 1 saturated heterocycles. The van der Waals surface area contributed by atoms with Gasteiger partial charge in [-0.2, -0.15) is 9.97 Å². The zero-order chi connectivity index (χ0) is 24.9. The van der Waals surface area contributed by atoms with E-state index in [4.69, 9.17) is 15.0 Å². The summed E-state index contributed by atoms with van der Waals surface area (Å²) in [5.74, 6) is 1.33. The van der Waals surface area contributed by atoms with E-state index < -0.39 is 0 Å². The van der Waals surface area contributed by atoms with Crippen molar-refractivity contribution < 1.29 is 9.59 Å². The molecule has 1 aliphatic carbocycles. The molecule has 0 unspecified atom stereocenters. The lowest BCUT2D eigenvalue weighted by atomic mass is 9.95. The lowest BCUT2D eigenvalue weighted by molar-refractivity contribution is -0.127. The third-order valence-electron chi connectivity index (χ3n) is 6.92. The summed E-state index contributed by atoms with van der Waals surface area (Å²) in [6.07, 6.45) is 10.3. The van der Waals surface area contributed by atoms with Gasteiger partial charge in [-0.3, -0.25) is 9.59 Å². The number of benzene rings is 1. The Morgan fingerprint density at radius 2 is 1.83 bits per heavy atom. The summed E-state index contributed by atoms with van der Waals surface area (Å²) in [7, 11) is 0. The summed E-state index contributed by atoms with van der Waals surface area (Å²) in [4.78, 5) is 39.4. The van der Waals surface area contributed by atoms with Crippen LogP contribution >= 0.6 is 0 Å². The maximum atomic E-state index is 11.9. The average molecular weight is 491 g/mol. The van der Waals surface area contributed by atoms with Crippen molar-refractivity contribution in [1.82, 2.24) is 24.4 Å². The van der Waals surface area contributed by atoms with E-state index in [0.29, 0.717) is 30.8 Å². The quantitative estimate of drug-likeness (QED) is 0.379. The van der Waals surface area contributed by atoms with Gasteiger partial charge < -0.3 is 25.4 Å². The number of amides is 2. The molecule has 2 aliphatic rings. The Morgan fingerprint density at radius 3 is 2.56 bits per heavy atom. The van der Waals surface area contributed by atoms with Crippen LogP contribution in [0.5, 0.6) is 0 Å². The van der Waals surface area contributed by atoms with Crippen LogP contribution in [0, 0.1) is 0 Å². The molecule has 10 nitrogen and oxygen atoms in total. The Hall–Kier alpha value is -3.69. The normalized spacial score (nSPS) is 16.5. The molecule has 1 aliphatic heterocycles. The molecule has 3 N–H and O–H groups in total. The second-order valence-electron chi connectivity index (χ2n) is 9.66. The monoisotopic (exact) mass is 490 g/mol. The number of hydrogen-bond donors (Lipinski definition) is 3. The molecule has 0 spiro atoms. The smallest absolute Gasteiger partial charge is 0.226 e. The second-order valence-corrected chi connectivity index (χ2v) is 9.66. The van der Waals surface area contributed by atoms with Crippen LogP contribution in [0.2, 0.25) is 0 Å². The number of hydrogen-bond acceptors (Lipinski definition) is 7. The summed E-state index contributed by atoms with van der Waals surface area (Å²) < 4.78 is 2.20. The van der Waals surface area contributed by atoms with Gasteiger partial charge >= 0.3 is 0 Å². The molecular weight excluding hydrogens is 456 g/mol. The molecule has 36 heavy (non-hydrogen) atoms. The minimum absolute atomic E-state index is 0.105. The molecule has 1 aromatic carbocycles. The van der Waals surface area contributed by atoms with Crippen LogP contribution in [0.15, 0.2) is 30.6 Å². The second kappa shape index (κ2) is 10.9. The molecule has 2 aromatic heterocycles. The lowest BCUT2D eigenvalue weighted by Gasteiger charge is -2.23. The summed E-state index contributed by atoms with van der Waals surface area (Å²) in [5.41, 5.74) is 3.14. The number of carbonyl (C=O) groups is 2. The van der Waals surface area contributed by atoms with Crippen molar-refractivity contribution in [2.45, 2.75) is 64.3 Å². The van der Waals surface area contributed by atoms with Crippen molar-refractivity contribution in [3.05, 3.63) is 30.6 Å². The van der Waals surface area contributed by atoms with E-state index in [1.807, 2.05) is 35.5 Å². The van der Waals surface area contributed by atoms with Gasteiger partial charge in [0, 0.05) is 50.4 Å². The van der Waals surface area contributed by atoms with E-state index >= 15 is 0 Å². The Bertz CT molecular complexity index is 1220. The van der Waals surface area contributed by atoms with Crippen LogP contribution in [0.25, 0.3) is 11.2 Å². The topological polar surface area (TPSA) is 117 Å². The Morgan fingerprint density at radius 1 is 1.06 bits per heavy atom. The first-order valence-electron chi connectivity index (χ1n) is 13.0. The first kappa shape index (κ1) is 24.0. The number of anilines is 4. The van der Waals surface area contributed by atoms with Gasteiger partial charge in [0.25, 0.3) is 0 Å². The predicted molar refractivity (Wildman–Crippen MR) is 140 cm³/mol. The lowest BCUT2D eigenvalue weighted by Crippen LogP contribution is -2.27. The summed E-state index contributed by atoms with van der Waals surface area (Å²) >= 11 is 0. The van der Waals surface area contributed by atoms with Crippen LogP contribution in [-0.4, -0.2) is 55.9 Å². The van der Waals surface area contributed by atoms with E-state index in [-0.39, 0.29) is 11.8 Å². The molecule has 0 radical (unpaired) electrons. The number of likely N-dealkylation sites (tertiary alicyclic amines) is 1. The Labute approximate surface area is 210 Å². The number of fused-ring (bicyclic) bond motifs is 1. The predicted octanol–water partition coefficient (Wildman–Crippen LogP) is 4.46. The molecule has 2 amide bonds. The van der Waals surface area contributed by atoms with Gasteiger partial charge in [0.05, 0.1) is 6.33 Å². The first-order chi connectivity index (χ1) is 17.6. The fourth-order valence-corrected chi connectivity index (χ4v) is 5.10. The van der Waals surface area contributed by atoms with E-state index in [1.165, 1.54) is 26.2 Å². The molecule has 3 aromatic rings. The zero-order valence-corrected chi connectivity index (χ0v) is 20.8. The standard InChI is InChI=1S/C26H34N8O2/c1-18(35)29-19-10-12-20(13-11-19)30-24-23-25(34(17-28-23)21-7-3-2-4-8-21)32-26(31-24)27-14-6-16-33-15-5-9-22(33)36/h10-13,17,21H,2-9,14-16H2,1H3,(H,29,35)(H2,27,30,31,32). The van der Waals surface area contributed by atoms with E-state index in [9.17, 15) is 9.59 Å². The molecule has 0 atom stereocenters. The van der Waals surface area contributed by atoms with Crippen molar-refractivity contribution in [2.75, 3.05) is 35.6 Å². The van der Waals surface area contributed by atoms with Crippen molar-refractivity contribution in [3.63, 3.8) is 0 Å². The van der Waals surface area contributed by atoms with Crippen molar-refractivity contribution >= 4 is 46.1 Å². The van der Waals surface area contributed by atoms with Crippen LogP contribution in [0.3, 0.4) is 0 Å². The summed E-state index contributed by atoms with van der Waals surface area (Å²) in [5, 5.41) is 9.54. The Kier molecular flexibility index (Phi) is 7.29. The number of rotatable bonds is 9. The average Bonchev–Trinajstić information content (AvgIpc) is 3.49. The van der Waals surface area contributed by atoms with Crippen LogP contribution in [-0.2, 0) is 9.59 Å². The van der Waals surface area contributed by atoms with Gasteiger partial charge in [0.2, 0.25) is 17.8 Å². The maximum absolute atomic E-state index is 11.9. The van der Waals surface area contributed by atoms with E-state index in [2.05, 4.69) is 20.5 Å². The van der Waals surface area contributed by atoms with Gasteiger partial charge in [-0.15, -0.1) is 0 Å². The molecule has 10 heteroatoms. The number of imidazole rings is 1. The van der Waals surface area contributed by atoms with Crippen molar-refractivity contribution in [3.8, 4) is 0 Å². The van der Waals surface area contributed by atoms with Gasteiger partial charge in [0.15, 0.2) is 17.0 Å². The molecule has 190 valence electrons. The molecule has 3 heterocycles. The maximum Gasteiger partial charge on any atom is 0.226 e. The minimum Gasteiger partial charge on any atom is -0.354 e. The molecule has 0 bridgehead atoms. The highest BCUT2D eigenvalue weighted by Gasteiger charge is 2.22. The first-order valence-corrected chi connectivity index (χ1v) is 13.0. The molecule has 5 rings (SSSR count). The molecule has 2 fully saturated rings. The van der Waals surface area contributed by atoms with Gasteiger partial charge in [0.1, 0.15) is 0 Å². The number of carbonyl (C=O) groups excluding carboxylic acids is 2. The van der Waals surface area contributed by atoms with Crippen LogP contribution in [0.1, 0.15) is 64.3 Å². The highest BCUT2D eigenvalue weighted by atomic mass is 16.2. The summed E-state index contributed by atoms with van der Waals surface area (Å²) in [6.45, 7) is 3.78. The van der Waals surface area contributed by atoms with Gasteiger partial charge in [-0.25, -0.2) is 4.98 Å². The Balaban J connectivity index is 1.36.